The van der Waals surface area contributed by atoms with Crippen molar-refractivity contribution in [2.24, 2.45) is 10.7 Å². The zero-order chi connectivity index (χ0) is 20.2. The molecular weight excluding hydrogens is 384 g/mol. The highest BCUT2D eigenvalue weighted by Gasteiger charge is 2.31. The van der Waals surface area contributed by atoms with Crippen LogP contribution in [-0.4, -0.2) is 11.9 Å². The highest BCUT2D eigenvalue weighted by molar-refractivity contribution is 6.30. The first-order valence-corrected chi connectivity index (χ1v) is 9.51. The zero-order valence-electron chi connectivity index (χ0n) is 15.5. The molecule has 0 saturated heterocycles. The number of nitrogens with one attached hydrogen (secondary N) is 2. The van der Waals surface area contributed by atoms with Gasteiger partial charge in [-0.05, 0) is 35.4 Å². The summed E-state index contributed by atoms with van der Waals surface area (Å²) in [5.41, 5.74) is 9.57. The maximum absolute atomic E-state index is 13.4. The Morgan fingerprint density at radius 1 is 0.931 bits per heavy atom. The van der Waals surface area contributed by atoms with E-state index in [0.29, 0.717) is 22.0 Å². The number of aliphatic imine (C=N–C) groups is 1. The number of halogens is 1. The van der Waals surface area contributed by atoms with Crippen LogP contribution in [0.5, 0.6) is 0 Å². The summed E-state index contributed by atoms with van der Waals surface area (Å²) in [6.07, 6.45) is 0. The normalized spacial score (nSPS) is 16.0. The van der Waals surface area contributed by atoms with Gasteiger partial charge in [-0.3, -0.25) is 4.79 Å². The molecule has 5 nitrogen and oxygen atoms in total. The number of anilines is 1. The first-order chi connectivity index (χ1) is 14.1. The molecule has 29 heavy (non-hydrogen) atoms. The second-order valence-electron chi connectivity index (χ2n) is 6.57. The van der Waals surface area contributed by atoms with Crippen LogP contribution >= 0.6 is 11.6 Å². The molecule has 4 rings (SSSR count). The molecule has 1 amide bonds. The standard InChI is InChI=1S/C23H19ClN4O/c24-17-13-11-16(12-14-17)21-19(22(29)26-18-9-5-2-6-10-18)20(27-23(25)28-21)15-7-3-1-4-8-15/h1-14,21H,(H,26,29)(H3,25,27,28)/t21-/m1/s1. The average Bonchev–Trinajstić information content (AvgIpc) is 2.75. The topological polar surface area (TPSA) is 79.5 Å². The van der Waals surface area contributed by atoms with Crippen molar-refractivity contribution >= 4 is 34.9 Å². The van der Waals surface area contributed by atoms with Crippen LogP contribution in [0.3, 0.4) is 0 Å². The SMILES string of the molecule is NC1=N[C@H](c2ccc(Cl)cc2)C(C(=O)Nc2ccccc2)=C(c2ccccc2)N1. The van der Waals surface area contributed by atoms with Gasteiger partial charge in [-0.2, -0.15) is 0 Å². The summed E-state index contributed by atoms with van der Waals surface area (Å²) in [6.45, 7) is 0. The van der Waals surface area contributed by atoms with Gasteiger partial charge in [-0.15, -0.1) is 0 Å². The molecule has 6 heteroatoms. The second-order valence-corrected chi connectivity index (χ2v) is 7.00. The van der Waals surface area contributed by atoms with E-state index in [0.717, 1.165) is 11.1 Å². The molecule has 0 saturated carbocycles. The third-order valence-corrected chi connectivity index (χ3v) is 4.84. The molecule has 1 atom stereocenters. The van der Waals surface area contributed by atoms with Crippen molar-refractivity contribution in [2.75, 3.05) is 5.32 Å². The Labute approximate surface area is 173 Å². The van der Waals surface area contributed by atoms with E-state index in [4.69, 9.17) is 17.3 Å². The zero-order valence-corrected chi connectivity index (χ0v) is 16.2. The molecule has 0 bridgehead atoms. The Hall–Kier alpha value is -3.57. The molecule has 3 aromatic carbocycles. The minimum atomic E-state index is -0.563. The van der Waals surface area contributed by atoms with Crippen molar-refractivity contribution < 1.29 is 4.79 Å². The predicted molar refractivity (Wildman–Crippen MR) is 117 cm³/mol. The average molecular weight is 403 g/mol. The molecule has 3 aromatic rings. The number of guanidine groups is 1. The van der Waals surface area contributed by atoms with Gasteiger partial charge in [0.25, 0.3) is 5.91 Å². The Morgan fingerprint density at radius 2 is 1.55 bits per heavy atom. The minimum Gasteiger partial charge on any atom is -0.370 e. The fraction of sp³-hybridized carbons (Fsp3) is 0.0435. The Bertz CT molecular complexity index is 1080. The van der Waals surface area contributed by atoms with Crippen LogP contribution in [0, 0.1) is 0 Å². The van der Waals surface area contributed by atoms with Gasteiger partial charge in [0.1, 0.15) is 6.04 Å². The summed E-state index contributed by atoms with van der Waals surface area (Å²) in [7, 11) is 0. The first-order valence-electron chi connectivity index (χ1n) is 9.13. The first kappa shape index (κ1) is 18.8. The summed E-state index contributed by atoms with van der Waals surface area (Å²) in [4.78, 5) is 17.9. The number of hydrogen-bond donors (Lipinski definition) is 3. The Kier molecular flexibility index (Phi) is 5.31. The van der Waals surface area contributed by atoms with Gasteiger partial charge in [-0.25, -0.2) is 4.99 Å². The van der Waals surface area contributed by atoms with E-state index in [1.807, 2.05) is 72.8 Å². The Morgan fingerprint density at radius 3 is 2.21 bits per heavy atom. The largest absolute Gasteiger partial charge is 0.370 e. The van der Waals surface area contributed by atoms with Crippen LogP contribution in [0.4, 0.5) is 5.69 Å². The van der Waals surface area contributed by atoms with Crippen molar-refractivity contribution in [2.45, 2.75) is 6.04 Å². The molecule has 0 fully saturated rings. The number of amides is 1. The lowest BCUT2D eigenvalue weighted by Gasteiger charge is -2.27. The van der Waals surface area contributed by atoms with Gasteiger partial charge in [0.15, 0.2) is 5.96 Å². The molecule has 1 aliphatic heterocycles. The fourth-order valence-electron chi connectivity index (χ4n) is 3.24. The highest BCUT2D eigenvalue weighted by Crippen LogP contribution is 2.35. The maximum atomic E-state index is 13.4. The minimum absolute atomic E-state index is 0.250. The molecule has 0 spiro atoms. The molecule has 144 valence electrons. The van der Waals surface area contributed by atoms with E-state index < -0.39 is 6.04 Å². The number of nitrogens with two attached hydrogens (primary N) is 1. The molecule has 1 aliphatic rings. The quantitative estimate of drug-likeness (QED) is 0.607. The van der Waals surface area contributed by atoms with E-state index in [2.05, 4.69) is 15.6 Å². The molecule has 4 N–H and O–H groups in total. The van der Waals surface area contributed by atoms with Crippen LogP contribution in [0.25, 0.3) is 5.70 Å². The van der Waals surface area contributed by atoms with Crippen LogP contribution in [0.1, 0.15) is 17.2 Å². The monoisotopic (exact) mass is 402 g/mol. The van der Waals surface area contributed by atoms with Gasteiger partial charge in [-0.1, -0.05) is 72.3 Å². The van der Waals surface area contributed by atoms with Gasteiger partial charge in [0, 0.05) is 10.7 Å². The summed E-state index contributed by atoms with van der Waals surface area (Å²) in [6, 6.07) is 25.6. The third kappa shape index (κ3) is 4.15. The van der Waals surface area contributed by atoms with Gasteiger partial charge in [0.2, 0.25) is 0 Å². The number of hydrogen-bond acceptors (Lipinski definition) is 4. The van der Waals surface area contributed by atoms with Crippen LogP contribution < -0.4 is 16.4 Å². The second kappa shape index (κ2) is 8.20. The summed E-state index contributed by atoms with van der Waals surface area (Å²) < 4.78 is 0. The third-order valence-electron chi connectivity index (χ3n) is 4.59. The molecule has 0 radical (unpaired) electrons. The van der Waals surface area contributed by atoms with Gasteiger partial charge >= 0.3 is 0 Å². The predicted octanol–water partition coefficient (Wildman–Crippen LogP) is 4.35. The lowest BCUT2D eigenvalue weighted by Crippen LogP contribution is -2.38. The van der Waals surface area contributed by atoms with Crippen LogP contribution in [0.15, 0.2) is 95.5 Å². The van der Waals surface area contributed by atoms with Gasteiger partial charge in [0.05, 0.1) is 11.3 Å². The summed E-state index contributed by atoms with van der Waals surface area (Å²) in [5.74, 6) is -0.00110. The fourth-order valence-corrected chi connectivity index (χ4v) is 3.37. The summed E-state index contributed by atoms with van der Waals surface area (Å²) in [5, 5.41) is 6.66. The molecule has 1 heterocycles. The van der Waals surface area contributed by atoms with Crippen molar-refractivity contribution in [3.63, 3.8) is 0 Å². The lowest BCUT2D eigenvalue weighted by molar-refractivity contribution is -0.113. The lowest BCUT2D eigenvalue weighted by atomic mass is 9.92. The van der Waals surface area contributed by atoms with E-state index >= 15 is 0 Å². The number of para-hydroxylation sites is 1. The smallest absolute Gasteiger partial charge is 0.256 e. The number of carbonyl (C=O) groups is 1. The number of nitrogens with zero attached hydrogens (tertiary/aromatic N) is 1. The number of rotatable bonds is 4. The number of carbonyl (C=O) groups excluding carboxylic acids is 1. The summed E-state index contributed by atoms with van der Waals surface area (Å²) >= 11 is 6.05. The van der Waals surface area contributed by atoms with E-state index in [-0.39, 0.29) is 11.9 Å². The molecule has 0 unspecified atom stereocenters. The van der Waals surface area contributed by atoms with Crippen LogP contribution in [0.2, 0.25) is 5.02 Å². The molecule has 0 aliphatic carbocycles. The Balaban J connectivity index is 1.83. The molecule has 0 aromatic heterocycles. The van der Waals surface area contributed by atoms with Crippen molar-refractivity contribution in [1.82, 2.24) is 5.32 Å². The highest BCUT2D eigenvalue weighted by atomic mass is 35.5. The van der Waals surface area contributed by atoms with E-state index in [1.54, 1.807) is 12.1 Å². The van der Waals surface area contributed by atoms with Gasteiger partial charge < -0.3 is 16.4 Å². The number of benzene rings is 3. The van der Waals surface area contributed by atoms with Crippen molar-refractivity contribution in [3.8, 4) is 0 Å². The van der Waals surface area contributed by atoms with E-state index in [1.165, 1.54) is 0 Å². The molecular formula is C23H19ClN4O. The van der Waals surface area contributed by atoms with Crippen molar-refractivity contribution in [1.29, 1.82) is 0 Å². The maximum Gasteiger partial charge on any atom is 0.256 e. The van der Waals surface area contributed by atoms with Crippen LogP contribution in [-0.2, 0) is 4.79 Å². The van der Waals surface area contributed by atoms with Crippen molar-refractivity contribution in [3.05, 3.63) is 107 Å². The van der Waals surface area contributed by atoms with E-state index in [9.17, 15) is 4.79 Å².